The minimum Gasteiger partial charge on any atom is -0.367 e. The van der Waals surface area contributed by atoms with Crippen LogP contribution >= 0.6 is 0 Å². The van der Waals surface area contributed by atoms with Gasteiger partial charge in [-0.25, -0.2) is 4.98 Å². The van der Waals surface area contributed by atoms with Crippen LogP contribution in [0.15, 0.2) is 48.9 Å². The average molecular weight is 325 g/mol. The van der Waals surface area contributed by atoms with Gasteiger partial charge in [0.25, 0.3) is 0 Å². The summed E-state index contributed by atoms with van der Waals surface area (Å²) in [5.74, 6) is 0.244. The molecule has 2 N–H and O–H groups in total. The average Bonchev–Trinajstić information content (AvgIpc) is 3.02. The molecule has 0 radical (unpaired) electrons. The molecule has 0 saturated carbocycles. The van der Waals surface area contributed by atoms with Gasteiger partial charge < -0.3 is 15.5 Å². The summed E-state index contributed by atoms with van der Waals surface area (Å²) in [4.78, 5) is 34.1. The molecule has 1 atom stereocenters. The van der Waals surface area contributed by atoms with Crippen LogP contribution in [0.5, 0.6) is 0 Å². The maximum atomic E-state index is 12.2. The number of para-hydroxylation sites is 1. The Morgan fingerprint density at radius 3 is 2.79 bits per heavy atom. The van der Waals surface area contributed by atoms with Gasteiger partial charge in [0.15, 0.2) is 0 Å². The van der Waals surface area contributed by atoms with Crippen molar-refractivity contribution in [3.63, 3.8) is 0 Å². The Hall–Kier alpha value is -2.96. The van der Waals surface area contributed by atoms with Gasteiger partial charge >= 0.3 is 0 Å². The lowest BCUT2D eigenvalue weighted by Crippen LogP contribution is -2.35. The SMILES string of the molecule is O=C(NCCNc1cnccn1)[C@H]1CC(=O)N(c2ccccc2)C1. The van der Waals surface area contributed by atoms with Crippen molar-refractivity contribution in [2.24, 2.45) is 5.92 Å². The maximum absolute atomic E-state index is 12.2. The zero-order valence-corrected chi connectivity index (χ0v) is 13.2. The summed E-state index contributed by atoms with van der Waals surface area (Å²) in [5.41, 5.74) is 0.835. The highest BCUT2D eigenvalue weighted by Crippen LogP contribution is 2.24. The lowest BCUT2D eigenvalue weighted by Gasteiger charge is -2.16. The molecule has 0 unspecified atom stereocenters. The Morgan fingerprint density at radius 1 is 1.21 bits per heavy atom. The molecule has 24 heavy (non-hydrogen) atoms. The summed E-state index contributed by atoms with van der Waals surface area (Å²) in [6.07, 6.45) is 5.07. The van der Waals surface area contributed by atoms with Gasteiger partial charge in [-0.3, -0.25) is 14.6 Å². The highest BCUT2D eigenvalue weighted by atomic mass is 16.2. The van der Waals surface area contributed by atoms with Crippen LogP contribution in [-0.2, 0) is 9.59 Å². The minimum absolute atomic E-state index is 0.0148. The molecule has 1 aromatic heterocycles. The summed E-state index contributed by atoms with van der Waals surface area (Å²) in [7, 11) is 0. The molecule has 1 aliphatic heterocycles. The topological polar surface area (TPSA) is 87.2 Å². The number of carbonyl (C=O) groups is 2. The third-order valence-electron chi connectivity index (χ3n) is 3.86. The number of nitrogens with zero attached hydrogens (tertiary/aromatic N) is 3. The summed E-state index contributed by atoms with van der Waals surface area (Å²) in [5, 5.41) is 5.93. The molecule has 1 saturated heterocycles. The second kappa shape index (κ2) is 7.54. The molecule has 1 fully saturated rings. The standard InChI is InChI=1S/C17H19N5O2/c23-16-10-13(12-22(16)14-4-2-1-3-5-14)17(24)21-9-8-20-15-11-18-6-7-19-15/h1-7,11,13H,8-10,12H2,(H,19,20)(H,21,24)/t13-/m0/s1. The molecule has 7 nitrogen and oxygen atoms in total. The second-order valence-electron chi connectivity index (χ2n) is 5.55. The minimum atomic E-state index is -0.311. The van der Waals surface area contributed by atoms with E-state index in [4.69, 9.17) is 0 Å². The Kier molecular flexibility index (Phi) is 5.00. The van der Waals surface area contributed by atoms with Crippen molar-refractivity contribution in [2.45, 2.75) is 6.42 Å². The lowest BCUT2D eigenvalue weighted by molar-refractivity contribution is -0.126. The number of hydrogen-bond donors (Lipinski definition) is 2. The van der Waals surface area contributed by atoms with Crippen molar-refractivity contribution in [1.29, 1.82) is 0 Å². The van der Waals surface area contributed by atoms with Crippen molar-refractivity contribution >= 4 is 23.3 Å². The van der Waals surface area contributed by atoms with E-state index in [1.54, 1.807) is 23.5 Å². The summed E-state index contributed by atoms with van der Waals surface area (Å²) in [6.45, 7) is 1.44. The molecule has 3 rings (SSSR count). The van der Waals surface area contributed by atoms with Gasteiger partial charge in [0.05, 0.1) is 12.1 Å². The number of carbonyl (C=O) groups excluding carboxylic acids is 2. The van der Waals surface area contributed by atoms with Gasteiger partial charge in [0.2, 0.25) is 11.8 Å². The maximum Gasteiger partial charge on any atom is 0.227 e. The van der Waals surface area contributed by atoms with Crippen LogP contribution in [-0.4, -0.2) is 41.4 Å². The number of amides is 2. The Morgan fingerprint density at radius 2 is 2.04 bits per heavy atom. The van der Waals surface area contributed by atoms with Crippen LogP contribution in [0, 0.1) is 5.92 Å². The third kappa shape index (κ3) is 3.87. The number of nitrogens with one attached hydrogen (secondary N) is 2. The highest BCUT2D eigenvalue weighted by Gasteiger charge is 2.34. The van der Waals surface area contributed by atoms with E-state index < -0.39 is 0 Å². The molecule has 1 aliphatic rings. The molecule has 2 amide bonds. The summed E-state index contributed by atoms with van der Waals surface area (Å²) < 4.78 is 0. The Labute approximate surface area is 140 Å². The third-order valence-corrected chi connectivity index (χ3v) is 3.86. The molecule has 124 valence electrons. The largest absolute Gasteiger partial charge is 0.367 e. The van der Waals surface area contributed by atoms with Crippen molar-refractivity contribution in [1.82, 2.24) is 15.3 Å². The monoisotopic (exact) mass is 325 g/mol. The van der Waals surface area contributed by atoms with E-state index in [0.29, 0.717) is 25.5 Å². The van der Waals surface area contributed by atoms with Crippen LogP contribution in [0.2, 0.25) is 0 Å². The molecule has 2 heterocycles. The van der Waals surface area contributed by atoms with Gasteiger partial charge in [0.1, 0.15) is 5.82 Å². The van der Waals surface area contributed by atoms with Crippen molar-refractivity contribution in [2.75, 3.05) is 29.9 Å². The molecular formula is C17H19N5O2. The van der Waals surface area contributed by atoms with Gasteiger partial charge in [-0.05, 0) is 12.1 Å². The molecule has 0 bridgehead atoms. The van der Waals surface area contributed by atoms with E-state index in [0.717, 1.165) is 5.69 Å². The number of rotatable bonds is 6. The molecule has 1 aromatic carbocycles. The molecule has 0 aliphatic carbocycles. The predicted octanol–water partition coefficient (Wildman–Crippen LogP) is 1.06. The van der Waals surface area contributed by atoms with Crippen LogP contribution in [0.25, 0.3) is 0 Å². The summed E-state index contributed by atoms with van der Waals surface area (Å²) >= 11 is 0. The number of hydrogen-bond acceptors (Lipinski definition) is 5. The fraction of sp³-hybridized carbons (Fsp3) is 0.294. The van der Waals surface area contributed by atoms with E-state index in [-0.39, 0.29) is 24.2 Å². The van der Waals surface area contributed by atoms with Crippen molar-refractivity contribution < 1.29 is 9.59 Å². The number of anilines is 2. The summed E-state index contributed by atoms with van der Waals surface area (Å²) in [6, 6.07) is 9.42. The van der Waals surface area contributed by atoms with E-state index in [1.165, 1.54) is 0 Å². The Bertz CT molecular complexity index is 693. The first kappa shape index (κ1) is 15.9. The fourth-order valence-corrected chi connectivity index (χ4v) is 2.65. The molecular weight excluding hydrogens is 306 g/mol. The smallest absolute Gasteiger partial charge is 0.227 e. The van der Waals surface area contributed by atoms with Crippen LogP contribution in [0.3, 0.4) is 0 Å². The van der Waals surface area contributed by atoms with E-state index in [9.17, 15) is 9.59 Å². The fourth-order valence-electron chi connectivity index (χ4n) is 2.65. The molecule has 2 aromatic rings. The van der Waals surface area contributed by atoms with Gasteiger partial charge in [-0.1, -0.05) is 18.2 Å². The number of benzene rings is 1. The predicted molar refractivity (Wildman–Crippen MR) is 90.4 cm³/mol. The van der Waals surface area contributed by atoms with Crippen molar-refractivity contribution in [3.05, 3.63) is 48.9 Å². The van der Waals surface area contributed by atoms with Crippen molar-refractivity contribution in [3.8, 4) is 0 Å². The zero-order chi connectivity index (χ0) is 16.8. The lowest BCUT2D eigenvalue weighted by atomic mass is 10.1. The van der Waals surface area contributed by atoms with Crippen LogP contribution in [0.4, 0.5) is 11.5 Å². The quantitative estimate of drug-likeness (QED) is 0.776. The van der Waals surface area contributed by atoms with Gasteiger partial charge in [-0.2, -0.15) is 0 Å². The van der Waals surface area contributed by atoms with E-state index in [1.807, 2.05) is 30.3 Å². The van der Waals surface area contributed by atoms with Crippen LogP contribution in [0.1, 0.15) is 6.42 Å². The molecule has 0 spiro atoms. The number of aromatic nitrogens is 2. The van der Waals surface area contributed by atoms with E-state index in [2.05, 4.69) is 20.6 Å². The first-order chi connectivity index (χ1) is 11.7. The van der Waals surface area contributed by atoms with Gasteiger partial charge in [0, 0.05) is 44.1 Å². The van der Waals surface area contributed by atoms with Gasteiger partial charge in [-0.15, -0.1) is 0 Å². The highest BCUT2D eigenvalue weighted by molar-refractivity contribution is 6.00. The van der Waals surface area contributed by atoms with Crippen LogP contribution < -0.4 is 15.5 Å². The molecule has 7 heteroatoms. The zero-order valence-electron chi connectivity index (χ0n) is 13.2. The second-order valence-corrected chi connectivity index (χ2v) is 5.55. The van der Waals surface area contributed by atoms with E-state index >= 15 is 0 Å². The first-order valence-electron chi connectivity index (χ1n) is 7.87. The Balaban J connectivity index is 1.45. The normalized spacial score (nSPS) is 16.9. The first-order valence-corrected chi connectivity index (χ1v) is 7.87.